The Bertz CT molecular complexity index is 3070. The lowest BCUT2D eigenvalue weighted by molar-refractivity contribution is -0.944. The molecule has 0 amide bonds. The molecule has 4 nitrogen and oxygen atoms in total. The average molecular weight is 744 g/mol. The summed E-state index contributed by atoms with van der Waals surface area (Å²) in [6, 6.07) is 51.6. The van der Waals surface area contributed by atoms with Crippen LogP contribution in [0.3, 0.4) is 0 Å². The van der Waals surface area contributed by atoms with Gasteiger partial charge in [-0.15, -0.1) is 9.13 Å². The maximum Gasteiger partial charge on any atom is 0.364 e. The first-order chi connectivity index (χ1) is 27.1. The highest BCUT2D eigenvalue weighted by atomic mass is 28.3. The van der Waals surface area contributed by atoms with Crippen molar-refractivity contribution in [1.82, 2.24) is 4.57 Å². The van der Waals surface area contributed by atoms with Crippen LogP contribution in [-0.4, -0.2) is 12.6 Å². The highest BCUT2D eigenvalue weighted by Crippen LogP contribution is 2.52. The highest BCUT2D eigenvalue weighted by Gasteiger charge is 2.67. The third-order valence-electron chi connectivity index (χ3n) is 12.3. The fourth-order valence-corrected chi connectivity index (χ4v) is 11.6. The number of rotatable bonds is 5. The van der Waals surface area contributed by atoms with Crippen LogP contribution in [0.25, 0.3) is 72.4 Å². The summed E-state index contributed by atoms with van der Waals surface area (Å²) in [5, 5.41) is 3.81. The van der Waals surface area contributed by atoms with Crippen LogP contribution < -0.4 is 14.3 Å². The first kappa shape index (κ1) is 33.3. The van der Waals surface area contributed by atoms with Gasteiger partial charge in [-0.1, -0.05) is 118 Å². The Hall–Kier alpha value is -6.04. The molecule has 0 fully saturated rings. The van der Waals surface area contributed by atoms with E-state index >= 15 is 0 Å². The molecule has 0 N–H and O–H groups in total. The topological polar surface area (TPSA) is 25.8 Å². The second kappa shape index (κ2) is 11.7. The normalized spacial score (nSPS) is 15.6. The summed E-state index contributed by atoms with van der Waals surface area (Å²) in [4.78, 5) is 0. The first-order valence-electron chi connectivity index (χ1n) is 20.0. The van der Waals surface area contributed by atoms with Crippen molar-refractivity contribution in [2.45, 2.75) is 52.5 Å². The molecule has 5 heterocycles. The van der Waals surface area contributed by atoms with Crippen molar-refractivity contribution in [2.24, 2.45) is 5.92 Å². The molecular formula is C51H45N3OSi+2. The molecule has 272 valence electrons. The van der Waals surface area contributed by atoms with Gasteiger partial charge < -0.3 is 4.42 Å². The van der Waals surface area contributed by atoms with Gasteiger partial charge in [0.05, 0.1) is 24.8 Å². The van der Waals surface area contributed by atoms with Gasteiger partial charge in [-0.3, -0.25) is 0 Å². The third-order valence-corrected chi connectivity index (χ3v) is 14.3. The SMILES string of the molecule is Cc1ccc2c(c1)C1(c3ccc4c(oc5ccccc54)c3-c3n(-c4ccc(-c5ccccc5)cc4)c4ccccc4[n+]31)[n+]1cc([Si](C)(C)C)c(CC(C)C)cc1-2. The van der Waals surface area contributed by atoms with E-state index in [0.29, 0.717) is 5.92 Å². The molecule has 2 aliphatic rings. The second-order valence-electron chi connectivity index (χ2n) is 17.4. The Morgan fingerprint density at radius 3 is 2.23 bits per heavy atom. The summed E-state index contributed by atoms with van der Waals surface area (Å²) in [5.41, 5.74) is 16.0. The number of pyridine rings is 1. The number of para-hydroxylation sites is 3. The number of nitrogens with zero attached hydrogens (tertiary/aromatic N) is 3. The van der Waals surface area contributed by atoms with Gasteiger partial charge in [0.15, 0.2) is 22.8 Å². The molecule has 1 unspecified atom stereocenters. The van der Waals surface area contributed by atoms with Crippen LogP contribution in [0.15, 0.2) is 150 Å². The Morgan fingerprint density at radius 1 is 0.714 bits per heavy atom. The molecule has 1 atom stereocenters. The lowest BCUT2D eigenvalue weighted by Crippen LogP contribution is -2.72. The molecule has 1 spiro atoms. The number of fused-ring (bicyclic) bond motifs is 16. The largest absolute Gasteiger partial charge is 0.455 e. The minimum absolute atomic E-state index is 0.557. The van der Waals surface area contributed by atoms with Gasteiger partial charge >= 0.3 is 11.5 Å². The lowest BCUT2D eigenvalue weighted by atomic mass is 9.88. The third kappa shape index (κ3) is 4.46. The van der Waals surface area contributed by atoms with Gasteiger partial charge in [0, 0.05) is 22.0 Å². The fourth-order valence-electron chi connectivity index (χ4n) is 9.99. The standard InChI is InChI=1S/C51H45N3OSi/c1-32(2)28-36-30-45-40-25-20-33(3)29-42(40)51(52(45)31-47(36)56(4,5)6)41-27-26-39-38-16-10-13-19-46(38)55-49(39)48(41)50-53(43-17-11-12-18-44(43)54(50)51)37-23-21-35(22-24-37)34-14-8-7-9-15-34/h7-27,29-32H,28H2,1-6H3/q+2. The van der Waals surface area contributed by atoms with E-state index in [4.69, 9.17) is 4.42 Å². The Balaban J connectivity index is 1.33. The molecule has 0 aliphatic carbocycles. The van der Waals surface area contributed by atoms with Crippen LogP contribution in [0.2, 0.25) is 19.6 Å². The van der Waals surface area contributed by atoms with Crippen molar-refractivity contribution in [2.75, 3.05) is 0 Å². The van der Waals surface area contributed by atoms with Crippen LogP contribution in [0.5, 0.6) is 0 Å². The van der Waals surface area contributed by atoms with E-state index in [9.17, 15) is 0 Å². The Labute approximate surface area is 328 Å². The van der Waals surface area contributed by atoms with Gasteiger partial charge in [0.25, 0.3) is 0 Å². The first-order valence-corrected chi connectivity index (χ1v) is 23.5. The molecule has 11 rings (SSSR count). The summed E-state index contributed by atoms with van der Waals surface area (Å²) in [6.07, 6.45) is 3.64. The highest BCUT2D eigenvalue weighted by molar-refractivity contribution is 6.89. The summed E-state index contributed by atoms with van der Waals surface area (Å²) < 4.78 is 14.8. The van der Waals surface area contributed by atoms with Gasteiger partial charge in [0.1, 0.15) is 16.8 Å². The van der Waals surface area contributed by atoms with Crippen LogP contribution in [0, 0.1) is 12.8 Å². The number of aromatic nitrogens is 3. The summed E-state index contributed by atoms with van der Waals surface area (Å²) in [6.45, 7) is 14.4. The molecule has 5 heteroatoms. The molecular weight excluding hydrogens is 699 g/mol. The molecule has 0 saturated heterocycles. The minimum Gasteiger partial charge on any atom is -0.455 e. The van der Waals surface area contributed by atoms with E-state index in [1.807, 2.05) is 0 Å². The van der Waals surface area contributed by atoms with Crippen molar-refractivity contribution in [3.63, 3.8) is 0 Å². The number of hydrogen-bond donors (Lipinski definition) is 0. The Kier molecular flexibility index (Phi) is 6.98. The van der Waals surface area contributed by atoms with Gasteiger partial charge in [-0.2, -0.15) is 4.57 Å². The van der Waals surface area contributed by atoms with Crippen molar-refractivity contribution in [1.29, 1.82) is 0 Å². The zero-order valence-electron chi connectivity index (χ0n) is 32.9. The number of furan rings is 1. The van der Waals surface area contributed by atoms with Crippen LogP contribution in [0.1, 0.15) is 36.1 Å². The molecule has 0 radical (unpaired) electrons. The number of benzene rings is 6. The van der Waals surface area contributed by atoms with Gasteiger partial charge in [0.2, 0.25) is 5.69 Å². The maximum absolute atomic E-state index is 7.03. The van der Waals surface area contributed by atoms with Crippen LogP contribution >= 0.6 is 0 Å². The van der Waals surface area contributed by atoms with Crippen molar-refractivity contribution in [3.8, 4) is 39.5 Å². The van der Waals surface area contributed by atoms with Gasteiger partial charge in [-0.05, 0) is 90.6 Å². The minimum atomic E-state index is -1.81. The lowest BCUT2D eigenvalue weighted by Gasteiger charge is -2.24. The average Bonchev–Trinajstić information content (AvgIpc) is 3.90. The van der Waals surface area contributed by atoms with Crippen molar-refractivity contribution >= 4 is 46.2 Å². The van der Waals surface area contributed by atoms with E-state index in [-0.39, 0.29) is 0 Å². The number of aryl methyl sites for hydroxylation is 1. The predicted octanol–water partition coefficient (Wildman–Crippen LogP) is 11.1. The second-order valence-corrected chi connectivity index (χ2v) is 22.4. The maximum atomic E-state index is 7.03. The van der Waals surface area contributed by atoms with E-state index in [2.05, 4.69) is 200 Å². The zero-order chi connectivity index (χ0) is 38.1. The summed E-state index contributed by atoms with van der Waals surface area (Å²) in [7, 11) is -1.81. The predicted molar refractivity (Wildman–Crippen MR) is 232 cm³/mol. The van der Waals surface area contributed by atoms with Gasteiger partial charge in [-0.25, -0.2) is 0 Å². The molecule has 0 bridgehead atoms. The Morgan fingerprint density at radius 2 is 1.45 bits per heavy atom. The molecule has 2 aliphatic heterocycles. The van der Waals surface area contributed by atoms with Crippen molar-refractivity contribution in [3.05, 3.63) is 168 Å². The molecule has 56 heavy (non-hydrogen) atoms. The summed E-state index contributed by atoms with van der Waals surface area (Å²) >= 11 is 0. The van der Waals surface area contributed by atoms with Crippen molar-refractivity contribution < 1.29 is 13.6 Å². The molecule has 9 aromatic rings. The van der Waals surface area contributed by atoms with Crippen LogP contribution in [0.4, 0.5) is 0 Å². The number of imidazole rings is 1. The van der Waals surface area contributed by atoms with E-state index in [0.717, 1.165) is 45.4 Å². The molecule has 0 saturated carbocycles. The molecule has 6 aromatic carbocycles. The monoisotopic (exact) mass is 743 g/mol. The smallest absolute Gasteiger partial charge is 0.364 e. The van der Waals surface area contributed by atoms with E-state index in [1.165, 1.54) is 60.9 Å². The van der Waals surface area contributed by atoms with E-state index < -0.39 is 13.7 Å². The quantitative estimate of drug-likeness (QED) is 0.127. The zero-order valence-corrected chi connectivity index (χ0v) is 33.9. The fraction of sp³-hybridized carbons (Fsp3) is 0.176. The number of hydrogen-bond acceptors (Lipinski definition) is 1. The summed E-state index contributed by atoms with van der Waals surface area (Å²) in [5.74, 6) is 1.69. The molecule has 3 aromatic heterocycles. The van der Waals surface area contributed by atoms with Crippen LogP contribution in [-0.2, 0) is 12.1 Å². The van der Waals surface area contributed by atoms with E-state index in [1.54, 1.807) is 0 Å².